The van der Waals surface area contributed by atoms with Crippen molar-refractivity contribution in [2.75, 3.05) is 6.54 Å². The maximum Gasteiger partial charge on any atom is 0.163 e. The van der Waals surface area contributed by atoms with Gasteiger partial charge in [0.1, 0.15) is 13.1 Å². The van der Waals surface area contributed by atoms with Crippen LogP contribution in [-0.4, -0.2) is 11.7 Å². The molecule has 5 heteroatoms. The largest absolute Gasteiger partial charge is 0.375 e. The highest BCUT2D eigenvalue weighted by Crippen LogP contribution is 2.29. The highest BCUT2D eigenvalue weighted by Gasteiger charge is 2.33. The zero-order chi connectivity index (χ0) is 18.6. The number of hydrogen-bond acceptors (Lipinski definition) is 1. The summed E-state index contributed by atoms with van der Waals surface area (Å²) in [6, 6.07) is 22.5. The van der Waals surface area contributed by atoms with Gasteiger partial charge in [-0.25, -0.2) is 0 Å². The Bertz CT molecular complexity index is 868. The molecule has 3 aromatic rings. The third-order valence-electron chi connectivity index (χ3n) is 4.38. The molecule has 0 amide bonds. The quantitative estimate of drug-likeness (QED) is 0.613. The van der Waals surface area contributed by atoms with E-state index in [2.05, 4.69) is 5.32 Å². The number of aliphatic hydroxyl groups is 1. The zero-order valence-corrected chi connectivity index (χ0v) is 16.3. The fraction of sp³-hybridized carbons (Fsp3) is 0.143. The van der Waals surface area contributed by atoms with Crippen molar-refractivity contribution in [1.82, 2.24) is 0 Å². The van der Waals surface area contributed by atoms with E-state index in [0.717, 1.165) is 16.7 Å². The Hall–Kier alpha value is -1.55. The number of benzene rings is 3. The van der Waals surface area contributed by atoms with E-state index in [1.165, 1.54) is 0 Å². The summed E-state index contributed by atoms with van der Waals surface area (Å²) in [7, 11) is 0. The first-order valence-corrected chi connectivity index (χ1v) is 9.42. The predicted octanol–water partition coefficient (Wildman–Crippen LogP) is 4.65. The van der Waals surface area contributed by atoms with Crippen molar-refractivity contribution in [2.24, 2.45) is 0 Å². The minimum Gasteiger partial charge on any atom is -0.375 e. The molecule has 0 aliphatic heterocycles. The number of hydrogen-bond donors (Lipinski definition) is 2. The summed E-state index contributed by atoms with van der Waals surface area (Å²) < 4.78 is 0. The Morgan fingerprint density at radius 3 is 2.08 bits per heavy atom. The Balaban J connectivity index is 1.82. The van der Waals surface area contributed by atoms with Crippen LogP contribution in [0.4, 0.5) is 0 Å². The molecule has 0 saturated heterocycles. The van der Waals surface area contributed by atoms with Crippen LogP contribution in [0.5, 0.6) is 0 Å². The highest BCUT2D eigenvalue weighted by atomic mass is 35.5. The van der Waals surface area contributed by atoms with E-state index < -0.39 is 5.60 Å². The molecule has 0 unspecified atom stereocenters. The lowest BCUT2D eigenvalue weighted by Gasteiger charge is -2.28. The van der Waals surface area contributed by atoms with Gasteiger partial charge in [-0.05, 0) is 35.4 Å². The second-order valence-corrected chi connectivity index (χ2v) is 7.43. The van der Waals surface area contributed by atoms with Crippen LogP contribution in [0.15, 0.2) is 72.8 Å². The van der Waals surface area contributed by atoms with E-state index in [9.17, 15) is 5.11 Å². The molecule has 0 aromatic heterocycles. The molecule has 0 fully saturated rings. The van der Waals surface area contributed by atoms with Gasteiger partial charge in [0.25, 0.3) is 0 Å². The fourth-order valence-corrected chi connectivity index (χ4v) is 3.40. The number of nitrogens with two attached hydrogens (primary N) is 1. The SMILES string of the molecule is O[C@@](C[NH2+]Cc1ccc(Cl)c(Cl)c1)(c1ccccc1)c1ccc(Cl)cc1. The minimum absolute atomic E-state index is 0.457. The van der Waals surface area contributed by atoms with Crippen LogP contribution in [0, 0.1) is 0 Å². The Kier molecular flexibility index (Phi) is 6.23. The van der Waals surface area contributed by atoms with Crippen molar-refractivity contribution in [3.63, 3.8) is 0 Å². The summed E-state index contributed by atoms with van der Waals surface area (Å²) in [6.07, 6.45) is 0. The lowest BCUT2D eigenvalue weighted by molar-refractivity contribution is -0.682. The molecule has 0 bridgehead atoms. The molecule has 26 heavy (non-hydrogen) atoms. The molecule has 3 N–H and O–H groups in total. The standard InChI is InChI=1S/C21H18Cl3NO/c22-18-9-7-17(8-10-18)21(26,16-4-2-1-3-5-16)14-25-13-15-6-11-19(23)20(24)12-15/h1-12,25-26H,13-14H2/p+1/t21-/m0/s1. The molecule has 0 radical (unpaired) electrons. The molecule has 2 nitrogen and oxygen atoms in total. The summed E-state index contributed by atoms with van der Waals surface area (Å²) in [5.74, 6) is 0. The number of rotatable bonds is 6. The first-order chi connectivity index (χ1) is 12.5. The molecule has 3 rings (SSSR count). The van der Waals surface area contributed by atoms with E-state index in [-0.39, 0.29) is 0 Å². The Morgan fingerprint density at radius 1 is 0.769 bits per heavy atom. The highest BCUT2D eigenvalue weighted by molar-refractivity contribution is 6.42. The van der Waals surface area contributed by atoms with Gasteiger partial charge in [0.15, 0.2) is 5.60 Å². The molecule has 0 spiro atoms. The monoisotopic (exact) mass is 406 g/mol. The molecule has 0 saturated carbocycles. The number of quaternary nitrogens is 1. The van der Waals surface area contributed by atoms with Gasteiger partial charge in [-0.15, -0.1) is 0 Å². The van der Waals surface area contributed by atoms with Gasteiger partial charge in [-0.2, -0.15) is 0 Å². The van der Waals surface area contributed by atoms with Crippen molar-refractivity contribution in [1.29, 1.82) is 0 Å². The van der Waals surface area contributed by atoms with Crippen molar-refractivity contribution in [3.8, 4) is 0 Å². The maximum absolute atomic E-state index is 11.5. The van der Waals surface area contributed by atoms with Crippen LogP contribution in [-0.2, 0) is 12.1 Å². The second-order valence-electron chi connectivity index (χ2n) is 6.18. The van der Waals surface area contributed by atoms with Crippen LogP contribution in [0.3, 0.4) is 0 Å². The van der Waals surface area contributed by atoms with Gasteiger partial charge in [-0.3, -0.25) is 0 Å². The van der Waals surface area contributed by atoms with Gasteiger partial charge in [0, 0.05) is 10.6 Å². The average molecular weight is 408 g/mol. The molecule has 0 heterocycles. The molecular formula is C21H19Cl3NO+. The summed E-state index contributed by atoms with van der Waals surface area (Å²) in [4.78, 5) is 0. The lowest BCUT2D eigenvalue weighted by atomic mass is 9.86. The van der Waals surface area contributed by atoms with Gasteiger partial charge < -0.3 is 10.4 Å². The fourth-order valence-electron chi connectivity index (χ4n) is 2.96. The summed E-state index contributed by atoms with van der Waals surface area (Å²) in [5, 5.41) is 15.3. The first kappa shape index (κ1) is 19.2. The third kappa shape index (κ3) is 4.40. The van der Waals surface area contributed by atoms with E-state index >= 15 is 0 Å². The smallest absolute Gasteiger partial charge is 0.163 e. The van der Waals surface area contributed by atoms with Crippen LogP contribution in [0.2, 0.25) is 15.1 Å². The van der Waals surface area contributed by atoms with Crippen LogP contribution in [0.1, 0.15) is 16.7 Å². The maximum atomic E-state index is 11.5. The Labute approximate surface area is 168 Å². The topological polar surface area (TPSA) is 36.8 Å². The van der Waals surface area contributed by atoms with Crippen molar-refractivity contribution < 1.29 is 10.4 Å². The summed E-state index contributed by atoms with van der Waals surface area (Å²) in [6.45, 7) is 1.14. The number of halogens is 3. The van der Waals surface area contributed by atoms with E-state index in [4.69, 9.17) is 34.8 Å². The van der Waals surface area contributed by atoms with Gasteiger partial charge >= 0.3 is 0 Å². The lowest BCUT2D eigenvalue weighted by Crippen LogP contribution is -2.86. The van der Waals surface area contributed by atoms with Crippen molar-refractivity contribution in [2.45, 2.75) is 12.1 Å². The first-order valence-electron chi connectivity index (χ1n) is 8.28. The van der Waals surface area contributed by atoms with Gasteiger partial charge in [0.05, 0.1) is 10.0 Å². The van der Waals surface area contributed by atoms with Crippen LogP contribution >= 0.6 is 34.8 Å². The molecule has 0 aliphatic carbocycles. The minimum atomic E-state index is -1.12. The second kappa shape index (κ2) is 8.43. The van der Waals surface area contributed by atoms with Gasteiger partial charge in [-0.1, -0.05) is 83.3 Å². The van der Waals surface area contributed by atoms with E-state index in [0.29, 0.717) is 28.2 Å². The van der Waals surface area contributed by atoms with E-state index in [1.807, 2.05) is 54.6 Å². The van der Waals surface area contributed by atoms with Crippen LogP contribution in [0.25, 0.3) is 0 Å². The molecule has 3 aromatic carbocycles. The molecule has 134 valence electrons. The zero-order valence-electron chi connectivity index (χ0n) is 14.0. The molecule has 0 aliphatic rings. The predicted molar refractivity (Wildman–Crippen MR) is 108 cm³/mol. The van der Waals surface area contributed by atoms with Crippen molar-refractivity contribution in [3.05, 3.63) is 105 Å². The van der Waals surface area contributed by atoms with Crippen LogP contribution < -0.4 is 5.32 Å². The van der Waals surface area contributed by atoms with E-state index in [1.54, 1.807) is 18.2 Å². The summed E-state index contributed by atoms with van der Waals surface area (Å²) >= 11 is 18.1. The Morgan fingerprint density at radius 2 is 1.42 bits per heavy atom. The molecule has 1 atom stereocenters. The van der Waals surface area contributed by atoms with Crippen molar-refractivity contribution >= 4 is 34.8 Å². The average Bonchev–Trinajstić information content (AvgIpc) is 2.66. The third-order valence-corrected chi connectivity index (χ3v) is 5.37. The normalized spacial score (nSPS) is 13.4. The summed E-state index contributed by atoms with van der Waals surface area (Å²) in [5.41, 5.74) is 1.57. The van der Waals surface area contributed by atoms with Gasteiger partial charge in [0.2, 0.25) is 0 Å². The molecular weight excluding hydrogens is 389 g/mol.